The van der Waals surface area contributed by atoms with Crippen molar-refractivity contribution in [1.82, 2.24) is 4.90 Å². The number of piperazine rings is 1. The zero-order valence-corrected chi connectivity index (χ0v) is 14.6. The van der Waals surface area contributed by atoms with Crippen LogP contribution in [0.25, 0.3) is 0 Å². The van der Waals surface area contributed by atoms with Crippen LogP contribution >= 0.6 is 0 Å². The first-order valence-electron chi connectivity index (χ1n) is 9.05. The summed E-state index contributed by atoms with van der Waals surface area (Å²) in [5, 5.41) is 0. The summed E-state index contributed by atoms with van der Waals surface area (Å²) < 4.78 is 5.73. The minimum absolute atomic E-state index is 0.682. The van der Waals surface area contributed by atoms with Crippen LogP contribution in [0.3, 0.4) is 0 Å². The molecule has 0 spiro atoms. The van der Waals surface area contributed by atoms with Gasteiger partial charge in [0.15, 0.2) is 0 Å². The van der Waals surface area contributed by atoms with Crippen molar-refractivity contribution >= 4 is 12.0 Å². The molecule has 0 atom stereocenters. The number of rotatable bonds is 8. The molecule has 0 saturated carbocycles. The molecule has 0 N–H and O–H groups in total. The van der Waals surface area contributed by atoms with Crippen LogP contribution in [-0.2, 0) is 0 Å². The SMILES string of the molecule is O=Cc1ccc(OCCCCN2CCN(c3ccccc3)CC2)cc1. The van der Waals surface area contributed by atoms with Crippen molar-refractivity contribution in [1.29, 1.82) is 0 Å². The fourth-order valence-electron chi connectivity index (χ4n) is 3.14. The van der Waals surface area contributed by atoms with E-state index in [0.717, 1.165) is 64.2 Å². The van der Waals surface area contributed by atoms with Gasteiger partial charge in [-0.1, -0.05) is 18.2 Å². The van der Waals surface area contributed by atoms with E-state index in [1.165, 1.54) is 5.69 Å². The number of para-hydroxylation sites is 1. The van der Waals surface area contributed by atoms with Gasteiger partial charge in [0.1, 0.15) is 12.0 Å². The molecule has 2 aromatic rings. The molecule has 0 unspecified atom stereocenters. The van der Waals surface area contributed by atoms with Crippen LogP contribution < -0.4 is 9.64 Å². The molecule has 4 nitrogen and oxygen atoms in total. The lowest BCUT2D eigenvalue weighted by atomic mass is 10.2. The van der Waals surface area contributed by atoms with E-state index in [1.807, 2.05) is 12.1 Å². The van der Waals surface area contributed by atoms with Gasteiger partial charge in [-0.05, 0) is 55.8 Å². The summed E-state index contributed by atoms with van der Waals surface area (Å²) in [6, 6.07) is 17.9. The zero-order valence-electron chi connectivity index (χ0n) is 14.6. The average Bonchev–Trinajstić information content (AvgIpc) is 2.69. The molecule has 1 saturated heterocycles. The molecule has 0 aliphatic carbocycles. The van der Waals surface area contributed by atoms with E-state index in [1.54, 1.807) is 12.1 Å². The molecule has 1 aliphatic heterocycles. The number of carbonyl (C=O) groups excluding carboxylic acids is 1. The van der Waals surface area contributed by atoms with Gasteiger partial charge in [-0.15, -0.1) is 0 Å². The maximum atomic E-state index is 10.6. The van der Waals surface area contributed by atoms with Crippen molar-refractivity contribution in [2.45, 2.75) is 12.8 Å². The molecule has 1 heterocycles. The Balaban J connectivity index is 1.29. The molecule has 0 amide bonds. The van der Waals surface area contributed by atoms with Gasteiger partial charge < -0.3 is 9.64 Å². The largest absolute Gasteiger partial charge is 0.494 e. The number of hydrogen-bond donors (Lipinski definition) is 0. The van der Waals surface area contributed by atoms with Gasteiger partial charge in [-0.2, -0.15) is 0 Å². The normalized spacial score (nSPS) is 15.1. The predicted molar refractivity (Wildman–Crippen MR) is 102 cm³/mol. The Labute approximate surface area is 150 Å². The Bertz CT molecular complexity index is 635. The Morgan fingerprint density at radius 2 is 1.60 bits per heavy atom. The molecule has 132 valence electrons. The number of aldehydes is 1. The highest BCUT2D eigenvalue weighted by Gasteiger charge is 2.16. The van der Waals surface area contributed by atoms with Crippen LogP contribution in [0, 0.1) is 0 Å². The van der Waals surface area contributed by atoms with E-state index in [-0.39, 0.29) is 0 Å². The summed E-state index contributed by atoms with van der Waals surface area (Å²) in [5.41, 5.74) is 2.01. The molecule has 2 aromatic carbocycles. The van der Waals surface area contributed by atoms with Crippen LogP contribution in [0.5, 0.6) is 5.75 Å². The molecule has 4 heteroatoms. The first-order valence-corrected chi connectivity index (χ1v) is 9.05. The predicted octanol–water partition coefficient (Wildman–Crippen LogP) is 3.48. The summed E-state index contributed by atoms with van der Waals surface area (Å²) in [6.07, 6.45) is 3.05. The summed E-state index contributed by atoms with van der Waals surface area (Å²) in [7, 11) is 0. The molecular weight excluding hydrogens is 312 g/mol. The molecule has 0 aromatic heterocycles. The third kappa shape index (κ3) is 5.33. The summed E-state index contributed by atoms with van der Waals surface area (Å²) in [5.74, 6) is 0.835. The maximum absolute atomic E-state index is 10.6. The van der Waals surface area contributed by atoms with E-state index < -0.39 is 0 Å². The van der Waals surface area contributed by atoms with Crippen LogP contribution in [0.2, 0.25) is 0 Å². The van der Waals surface area contributed by atoms with Gasteiger partial charge >= 0.3 is 0 Å². The second-order valence-corrected chi connectivity index (χ2v) is 6.41. The second kappa shape index (κ2) is 9.23. The Kier molecular flexibility index (Phi) is 6.46. The summed E-state index contributed by atoms with van der Waals surface area (Å²) in [4.78, 5) is 15.6. The quantitative estimate of drug-likeness (QED) is 0.545. The Morgan fingerprint density at radius 3 is 2.28 bits per heavy atom. The number of nitrogens with zero attached hydrogens (tertiary/aromatic N) is 2. The topological polar surface area (TPSA) is 32.8 Å². The van der Waals surface area contributed by atoms with Crippen LogP contribution in [0.4, 0.5) is 5.69 Å². The van der Waals surface area contributed by atoms with Crippen molar-refractivity contribution in [2.75, 3.05) is 44.2 Å². The van der Waals surface area contributed by atoms with E-state index in [0.29, 0.717) is 5.56 Å². The highest BCUT2D eigenvalue weighted by molar-refractivity contribution is 5.74. The molecule has 1 fully saturated rings. The minimum Gasteiger partial charge on any atom is -0.494 e. The lowest BCUT2D eigenvalue weighted by Crippen LogP contribution is -2.46. The van der Waals surface area contributed by atoms with Crippen molar-refractivity contribution < 1.29 is 9.53 Å². The second-order valence-electron chi connectivity index (χ2n) is 6.41. The smallest absolute Gasteiger partial charge is 0.150 e. The van der Waals surface area contributed by atoms with E-state index in [2.05, 4.69) is 40.1 Å². The first-order chi connectivity index (χ1) is 12.3. The van der Waals surface area contributed by atoms with Gasteiger partial charge in [0.05, 0.1) is 6.61 Å². The van der Waals surface area contributed by atoms with Crippen LogP contribution in [0.15, 0.2) is 54.6 Å². The average molecular weight is 338 g/mol. The third-order valence-corrected chi connectivity index (χ3v) is 4.65. The zero-order chi connectivity index (χ0) is 17.3. The van der Waals surface area contributed by atoms with E-state index in [9.17, 15) is 4.79 Å². The molecule has 0 radical (unpaired) electrons. The lowest BCUT2D eigenvalue weighted by molar-refractivity contribution is 0.112. The summed E-state index contributed by atoms with van der Waals surface area (Å²) >= 11 is 0. The molecule has 3 rings (SSSR count). The highest BCUT2D eigenvalue weighted by atomic mass is 16.5. The third-order valence-electron chi connectivity index (χ3n) is 4.65. The fraction of sp³-hybridized carbons (Fsp3) is 0.381. The van der Waals surface area contributed by atoms with Crippen molar-refractivity contribution in [3.8, 4) is 5.75 Å². The maximum Gasteiger partial charge on any atom is 0.150 e. The Hall–Kier alpha value is -2.33. The van der Waals surface area contributed by atoms with Crippen molar-refractivity contribution in [3.63, 3.8) is 0 Å². The summed E-state index contributed by atoms with van der Waals surface area (Å²) in [6.45, 7) is 6.32. The fourth-order valence-corrected chi connectivity index (χ4v) is 3.14. The van der Waals surface area contributed by atoms with E-state index >= 15 is 0 Å². The number of unbranched alkanes of at least 4 members (excludes halogenated alkanes) is 1. The van der Waals surface area contributed by atoms with Gasteiger partial charge in [-0.25, -0.2) is 0 Å². The lowest BCUT2D eigenvalue weighted by Gasteiger charge is -2.36. The van der Waals surface area contributed by atoms with Crippen molar-refractivity contribution in [3.05, 3.63) is 60.2 Å². The Morgan fingerprint density at radius 1 is 0.880 bits per heavy atom. The monoisotopic (exact) mass is 338 g/mol. The number of ether oxygens (including phenoxy) is 1. The minimum atomic E-state index is 0.682. The molecule has 1 aliphatic rings. The standard InChI is InChI=1S/C21H26N2O2/c24-18-19-8-10-21(11-9-19)25-17-5-4-12-22-13-15-23(16-14-22)20-6-2-1-3-7-20/h1-3,6-11,18H,4-5,12-17H2. The van der Waals surface area contributed by atoms with Gasteiger partial charge in [0.2, 0.25) is 0 Å². The van der Waals surface area contributed by atoms with Crippen LogP contribution in [0.1, 0.15) is 23.2 Å². The van der Waals surface area contributed by atoms with Crippen LogP contribution in [-0.4, -0.2) is 50.5 Å². The highest BCUT2D eigenvalue weighted by Crippen LogP contribution is 2.16. The number of anilines is 1. The van der Waals surface area contributed by atoms with Gasteiger partial charge in [-0.3, -0.25) is 9.69 Å². The molecule has 25 heavy (non-hydrogen) atoms. The molecule has 0 bridgehead atoms. The van der Waals surface area contributed by atoms with E-state index in [4.69, 9.17) is 4.74 Å². The number of benzene rings is 2. The van der Waals surface area contributed by atoms with Crippen molar-refractivity contribution in [2.24, 2.45) is 0 Å². The first kappa shape index (κ1) is 17.5. The molecular formula is C21H26N2O2. The number of hydrogen-bond acceptors (Lipinski definition) is 4. The number of carbonyl (C=O) groups is 1. The van der Waals surface area contributed by atoms with Gasteiger partial charge in [0, 0.05) is 37.4 Å². The van der Waals surface area contributed by atoms with Gasteiger partial charge in [0.25, 0.3) is 0 Å².